The highest BCUT2D eigenvalue weighted by Crippen LogP contribution is 2.57. The maximum absolute atomic E-state index is 12.1. The van der Waals surface area contributed by atoms with Gasteiger partial charge in [0.05, 0.1) is 18.3 Å². The van der Waals surface area contributed by atoms with Crippen LogP contribution in [0.1, 0.15) is 56.3 Å². The highest BCUT2D eigenvalue weighted by atomic mass is 16.5. The number of ether oxygens (including phenoxy) is 1. The molecule has 2 aliphatic carbocycles. The summed E-state index contributed by atoms with van der Waals surface area (Å²) >= 11 is 0. The fourth-order valence-electron chi connectivity index (χ4n) is 5.13. The summed E-state index contributed by atoms with van der Waals surface area (Å²) in [6.45, 7) is 4.88. The second-order valence-corrected chi connectivity index (χ2v) is 7.88. The van der Waals surface area contributed by atoms with Crippen LogP contribution < -0.4 is 0 Å². The molecule has 24 heavy (non-hydrogen) atoms. The maximum atomic E-state index is 12.1. The molecule has 0 aromatic heterocycles. The van der Waals surface area contributed by atoms with Crippen LogP contribution in [0.5, 0.6) is 5.75 Å². The van der Waals surface area contributed by atoms with Gasteiger partial charge in [-0.25, -0.2) is 4.79 Å². The third kappa shape index (κ3) is 3.16. The van der Waals surface area contributed by atoms with Crippen LogP contribution in [-0.2, 0) is 4.74 Å². The van der Waals surface area contributed by atoms with Gasteiger partial charge in [-0.3, -0.25) is 0 Å². The van der Waals surface area contributed by atoms with Crippen LogP contribution in [-0.4, -0.2) is 28.9 Å². The van der Waals surface area contributed by atoms with Crippen molar-refractivity contribution >= 4 is 5.97 Å². The number of phenolic OH excluding ortho intramolecular Hbond substituents is 1. The summed E-state index contributed by atoms with van der Waals surface area (Å²) in [5, 5.41) is 19.6. The number of benzene rings is 1. The van der Waals surface area contributed by atoms with Gasteiger partial charge in [-0.05, 0) is 73.1 Å². The van der Waals surface area contributed by atoms with Gasteiger partial charge in [0, 0.05) is 0 Å². The summed E-state index contributed by atoms with van der Waals surface area (Å²) in [5.74, 6) is 0.967. The fraction of sp³-hybridized carbons (Fsp3) is 0.650. The molecule has 0 heterocycles. The van der Waals surface area contributed by atoms with Gasteiger partial charge in [-0.1, -0.05) is 20.3 Å². The van der Waals surface area contributed by atoms with E-state index in [-0.39, 0.29) is 29.2 Å². The number of aromatic hydroxyl groups is 1. The van der Waals surface area contributed by atoms with Crippen LogP contribution in [0.15, 0.2) is 24.3 Å². The zero-order valence-corrected chi connectivity index (χ0v) is 14.6. The Morgan fingerprint density at radius 1 is 1.29 bits per heavy atom. The second-order valence-electron chi connectivity index (χ2n) is 7.88. The molecule has 0 bridgehead atoms. The van der Waals surface area contributed by atoms with Gasteiger partial charge in [-0.15, -0.1) is 0 Å². The van der Waals surface area contributed by atoms with E-state index in [2.05, 4.69) is 13.8 Å². The molecule has 2 fully saturated rings. The number of esters is 1. The number of aliphatic hydroxyl groups excluding tert-OH is 1. The molecule has 0 saturated heterocycles. The van der Waals surface area contributed by atoms with Gasteiger partial charge in [0.15, 0.2) is 0 Å². The van der Waals surface area contributed by atoms with E-state index in [0.29, 0.717) is 24.0 Å². The Morgan fingerprint density at radius 2 is 2.00 bits per heavy atom. The minimum absolute atomic E-state index is 0.140. The standard InChI is InChI=1S/C20H28O4/c1-13(12-24-19(23)14-5-7-15(21)8-6-14)16-9-10-17-18(22)4-3-11-20(16,17)2/h5-8,13,16-18,21-22H,3-4,9-12H2,1-2H3/t13-,16-,17+,18+,20-/m1/s1. The normalized spacial score (nSPS) is 33.7. The van der Waals surface area contributed by atoms with Crippen molar-refractivity contribution in [1.29, 1.82) is 0 Å². The first-order chi connectivity index (χ1) is 11.4. The Bertz CT molecular complexity index is 582. The van der Waals surface area contributed by atoms with E-state index in [1.165, 1.54) is 12.1 Å². The molecule has 1 aromatic carbocycles. The minimum Gasteiger partial charge on any atom is -0.508 e. The first-order valence-electron chi connectivity index (χ1n) is 9.06. The Labute approximate surface area is 143 Å². The molecule has 2 aliphatic rings. The van der Waals surface area contributed by atoms with Crippen LogP contribution in [0.2, 0.25) is 0 Å². The summed E-state index contributed by atoms with van der Waals surface area (Å²) in [4.78, 5) is 12.1. The number of hydrogen-bond acceptors (Lipinski definition) is 4. The molecular formula is C20H28O4. The lowest BCUT2D eigenvalue weighted by atomic mass is 9.62. The van der Waals surface area contributed by atoms with E-state index in [4.69, 9.17) is 4.74 Å². The molecule has 0 unspecified atom stereocenters. The lowest BCUT2D eigenvalue weighted by molar-refractivity contribution is -0.0346. The first-order valence-corrected chi connectivity index (χ1v) is 9.06. The van der Waals surface area contributed by atoms with Gasteiger partial charge in [0.2, 0.25) is 0 Å². The molecule has 0 radical (unpaired) electrons. The van der Waals surface area contributed by atoms with Crippen molar-refractivity contribution in [3.05, 3.63) is 29.8 Å². The summed E-state index contributed by atoms with van der Waals surface area (Å²) in [6, 6.07) is 6.14. The van der Waals surface area contributed by atoms with E-state index in [1.54, 1.807) is 12.1 Å². The Kier molecular flexibility index (Phi) is 4.86. The van der Waals surface area contributed by atoms with E-state index < -0.39 is 0 Å². The third-order valence-corrected chi connectivity index (χ3v) is 6.43. The molecule has 0 aliphatic heterocycles. The zero-order valence-electron chi connectivity index (χ0n) is 14.6. The number of fused-ring (bicyclic) bond motifs is 1. The number of carbonyl (C=O) groups is 1. The van der Waals surface area contributed by atoms with E-state index in [1.807, 2.05) is 0 Å². The van der Waals surface area contributed by atoms with Gasteiger partial charge < -0.3 is 14.9 Å². The van der Waals surface area contributed by atoms with Gasteiger partial charge in [0.25, 0.3) is 0 Å². The molecule has 2 saturated carbocycles. The van der Waals surface area contributed by atoms with Gasteiger partial charge in [-0.2, -0.15) is 0 Å². The Morgan fingerprint density at radius 3 is 2.71 bits per heavy atom. The van der Waals surface area contributed by atoms with Crippen molar-refractivity contribution in [3.8, 4) is 5.75 Å². The second kappa shape index (κ2) is 6.75. The zero-order chi connectivity index (χ0) is 17.3. The molecule has 132 valence electrons. The molecule has 3 rings (SSSR count). The third-order valence-electron chi connectivity index (χ3n) is 6.43. The molecule has 0 amide bonds. The van der Waals surface area contributed by atoms with Crippen molar-refractivity contribution in [2.75, 3.05) is 6.61 Å². The average molecular weight is 332 g/mol. The van der Waals surface area contributed by atoms with Crippen molar-refractivity contribution < 1.29 is 19.7 Å². The van der Waals surface area contributed by atoms with Crippen molar-refractivity contribution in [1.82, 2.24) is 0 Å². The van der Waals surface area contributed by atoms with Crippen molar-refractivity contribution in [3.63, 3.8) is 0 Å². The number of carbonyl (C=O) groups excluding carboxylic acids is 1. The van der Waals surface area contributed by atoms with Crippen LogP contribution in [0.3, 0.4) is 0 Å². The maximum Gasteiger partial charge on any atom is 0.338 e. The summed E-state index contributed by atoms with van der Waals surface area (Å²) in [6.07, 6.45) is 5.20. The molecular weight excluding hydrogens is 304 g/mol. The lowest BCUT2D eigenvalue weighted by Gasteiger charge is -2.45. The predicted octanol–water partition coefficient (Wildman–Crippen LogP) is 3.76. The summed E-state index contributed by atoms with van der Waals surface area (Å²) in [5.41, 5.74) is 0.630. The molecule has 1 aromatic rings. The van der Waals surface area contributed by atoms with Crippen molar-refractivity contribution in [2.45, 2.75) is 52.1 Å². The minimum atomic E-state index is -0.342. The quantitative estimate of drug-likeness (QED) is 0.824. The first kappa shape index (κ1) is 17.3. The molecule has 2 N–H and O–H groups in total. The van der Waals surface area contributed by atoms with E-state index in [0.717, 1.165) is 32.1 Å². The monoisotopic (exact) mass is 332 g/mol. The molecule has 0 spiro atoms. The number of rotatable bonds is 4. The number of aliphatic hydroxyl groups is 1. The highest BCUT2D eigenvalue weighted by Gasteiger charge is 2.52. The van der Waals surface area contributed by atoms with Crippen LogP contribution in [0.4, 0.5) is 0 Å². The SMILES string of the molecule is C[C@H](COC(=O)c1ccc(O)cc1)[C@H]1CC[C@H]2[C@@H](O)CCC[C@]12C. The average Bonchev–Trinajstić information content (AvgIpc) is 2.91. The van der Waals surface area contributed by atoms with Crippen LogP contribution in [0, 0.1) is 23.2 Å². The van der Waals surface area contributed by atoms with Gasteiger partial charge in [0.1, 0.15) is 5.75 Å². The lowest BCUT2D eigenvalue weighted by Crippen LogP contribution is -2.42. The molecule has 4 nitrogen and oxygen atoms in total. The Balaban J connectivity index is 1.60. The number of hydrogen-bond donors (Lipinski definition) is 2. The van der Waals surface area contributed by atoms with Crippen LogP contribution >= 0.6 is 0 Å². The van der Waals surface area contributed by atoms with Gasteiger partial charge >= 0.3 is 5.97 Å². The fourth-order valence-corrected chi connectivity index (χ4v) is 5.13. The van der Waals surface area contributed by atoms with Crippen molar-refractivity contribution in [2.24, 2.45) is 23.2 Å². The smallest absolute Gasteiger partial charge is 0.338 e. The van der Waals surface area contributed by atoms with Crippen LogP contribution in [0.25, 0.3) is 0 Å². The number of phenols is 1. The predicted molar refractivity (Wildman–Crippen MR) is 91.7 cm³/mol. The topological polar surface area (TPSA) is 66.8 Å². The highest BCUT2D eigenvalue weighted by molar-refractivity contribution is 5.89. The molecule has 5 atom stereocenters. The largest absolute Gasteiger partial charge is 0.508 e. The Hall–Kier alpha value is -1.55. The molecule has 4 heteroatoms. The summed E-state index contributed by atoms with van der Waals surface area (Å²) < 4.78 is 5.51. The van der Waals surface area contributed by atoms with E-state index >= 15 is 0 Å². The summed E-state index contributed by atoms with van der Waals surface area (Å²) in [7, 11) is 0. The van der Waals surface area contributed by atoms with E-state index in [9.17, 15) is 15.0 Å².